The van der Waals surface area contributed by atoms with E-state index in [1.165, 1.54) is 30.3 Å². The number of benzene rings is 3. The average Bonchev–Trinajstić information content (AvgIpc) is 2.75. The Bertz CT molecular complexity index is 1340. The van der Waals surface area contributed by atoms with Crippen LogP contribution in [0.3, 0.4) is 0 Å². The molecule has 0 radical (unpaired) electrons. The molecule has 6 nitrogen and oxygen atoms in total. The van der Waals surface area contributed by atoms with Crippen LogP contribution in [0.1, 0.15) is 16.7 Å². The summed E-state index contributed by atoms with van der Waals surface area (Å²) in [5, 5.41) is 12.6. The minimum atomic E-state index is -4.02. The lowest BCUT2D eigenvalue weighted by Crippen LogP contribution is -2.14. The van der Waals surface area contributed by atoms with E-state index >= 15 is 0 Å². The fourth-order valence-electron chi connectivity index (χ4n) is 2.77. The first-order chi connectivity index (χ1) is 15.2. The molecular weight excluding hydrogens is 448 g/mol. The number of nitriles is 1. The highest BCUT2D eigenvalue weighted by Gasteiger charge is 2.17. The number of amides is 1. The quantitative estimate of drug-likeness (QED) is 0.303. The van der Waals surface area contributed by atoms with E-state index in [0.29, 0.717) is 16.3 Å². The Morgan fingerprint density at radius 3 is 2.47 bits per heavy atom. The van der Waals surface area contributed by atoms with Crippen molar-refractivity contribution >= 4 is 39.4 Å². The molecule has 0 heterocycles. The molecule has 0 aliphatic heterocycles. The number of nitrogens with zero attached hydrogens (tertiary/aromatic N) is 1. The number of rotatable bonds is 6. The van der Waals surface area contributed by atoms with Crippen LogP contribution in [0, 0.1) is 25.2 Å². The molecular formula is C24H19ClN2O4S. The van der Waals surface area contributed by atoms with Gasteiger partial charge in [-0.25, -0.2) is 0 Å². The van der Waals surface area contributed by atoms with Crippen LogP contribution in [0.5, 0.6) is 5.75 Å². The Kier molecular flexibility index (Phi) is 6.98. The van der Waals surface area contributed by atoms with Gasteiger partial charge in [-0.2, -0.15) is 13.7 Å². The maximum Gasteiger partial charge on any atom is 0.339 e. The van der Waals surface area contributed by atoms with Gasteiger partial charge in [-0.3, -0.25) is 4.79 Å². The summed E-state index contributed by atoms with van der Waals surface area (Å²) >= 11 is 5.97. The lowest BCUT2D eigenvalue weighted by molar-refractivity contribution is -0.112. The zero-order valence-electron chi connectivity index (χ0n) is 17.3. The minimum absolute atomic E-state index is 0.0260. The Labute approximate surface area is 191 Å². The Morgan fingerprint density at radius 2 is 1.78 bits per heavy atom. The van der Waals surface area contributed by atoms with Crippen LogP contribution in [-0.4, -0.2) is 14.3 Å². The predicted molar refractivity (Wildman–Crippen MR) is 124 cm³/mol. The third-order valence-corrected chi connectivity index (χ3v) is 5.99. The molecule has 0 fully saturated rings. The van der Waals surface area contributed by atoms with E-state index in [4.69, 9.17) is 15.8 Å². The van der Waals surface area contributed by atoms with Crippen LogP contribution in [0.15, 0.2) is 77.2 Å². The zero-order chi connectivity index (χ0) is 23.3. The Balaban J connectivity index is 1.82. The number of halogens is 1. The van der Waals surface area contributed by atoms with Crippen molar-refractivity contribution in [1.82, 2.24) is 0 Å². The van der Waals surface area contributed by atoms with Crippen molar-refractivity contribution < 1.29 is 17.4 Å². The lowest BCUT2D eigenvalue weighted by Gasteiger charge is -2.09. The summed E-state index contributed by atoms with van der Waals surface area (Å²) in [4.78, 5) is 12.6. The van der Waals surface area contributed by atoms with E-state index in [1.54, 1.807) is 49.4 Å². The van der Waals surface area contributed by atoms with Gasteiger partial charge in [-0.05, 0) is 67.4 Å². The van der Waals surface area contributed by atoms with Crippen LogP contribution in [0.4, 0.5) is 5.69 Å². The molecule has 32 heavy (non-hydrogen) atoms. The van der Waals surface area contributed by atoms with Crippen molar-refractivity contribution in [1.29, 1.82) is 5.26 Å². The second kappa shape index (κ2) is 9.69. The third kappa shape index (κ3) is 5.76. The summed E-state index contributed by atoms with van der Waals surface area (Å²) in [5.74, 6) is -0.556. The van der Waals surface area contributed by atoms with E-state index in [-0.39, 0.29) is 16.2 Å². The monoisotopic (exact) mass is 466 g/mol. The normalized spacial score (nSPS) is 11.5. The molecule has 0 aliphatic rings. The van der Waals surface area contributed by atoms with Gasteiger partial charge in [0.05, 0.1) is 0 Å². The second-order valence-corrected chi connectivity index (χ2v) is 8.99. The number of nitrogens with one attached hydrogen (secondary N) is 1. The van der Waals surface area contributed by atoms with Gasteiger partial charge >= 0.3 is 10.1 Å². The van der Waals surface area contributed by atoms with Crippen LogP contribution < -0.4 is 9.50 Å². The molecule has 1 amide bonds. The molecule has 0 saturated heterocycles. The van der Waals surface area contributed by atoms with Gasteiger partial charge in [-0.1, -0.05) is 47.5 Å². The van der Waals surface area contributed by atoms with E-state index in [0.717, 1.165) is 11.1 Å². The third-order valence-electron chi connectivity index (χ3n) is 4.50. The first-order valence-corrected chi connectivity index (χ1v) is 11.3. The van der Waals surface area contributed by atoms with Crippen molar-refractivity contribution in [2.24, 2.45) is 0 Å². The van der Waals surface area contributed by atoms with Crippen LogP contribution in [0.2, 0.25) is 5.02 Å². The predicted octanol–water partition coefficient (Wildman–Crippen LogP) is 5.27. The number of hydrogen-bond acceptors (Lipinski definition) is 5. The van der Waals surface area contributed by atoms with Crippen molar-refractivity contribution in [3.05, 3.63) is 94.0 Å². The number of carbonyl (C=O) groups is 1. The summed E-state index contributed by atoms with van der Waals surface area (Å²) < 4.78 is 30.2. The number of aryl methyl sites for hydroxylation is 2. The maximum absolute atomic E-state index is 12.6. The lowest BCUT2D eigenvalue weighted by atomic mass is 10.1. The largest absolute Gasteiger partial charge is 0.379 e. The van der Waals surface area contributed by atoms with Gasteiger partial charge in [0.25, 0.3) is 5.91 Å². The summed E-state index contributed by atoms with van der Waals surface area (Å²) in [5.41, 5.74) is 2.46. The first-order valence-electron chi connectivity index (χ1n) is 9.48. The van der Waals surface area contributed by atoms with Gasteiger partial charge < -0.3 is 9.50 Å². The summed E-state index contributed by atoms with van der Waals surface area (Å²) in [6.45, 7) is 3.65. The van der Waals surface area contributed by atoms with Gasteiger partial charge in [-0.15, -0.1) is 0 Å². The molecule has 3 aromatic carbocycles. The molecule has 3 aromatic rings. The van der Waals surface area contributed by atoms with E-state index in [1.807, 2.05) is 13.0 Å². The highest BCUT2D eigenvalue weighted by atomic mass is 35.5. The van der Waals surface area contributed by atoms with Crippen molar-refractivity contribution in [2.75, 3.05) is 5.32 Å². The van der Waals surface area contributed by atoms with Gasteiger partial charge in [0.2, 0.25) is 0 Å². The second-order valence-electron chi connectivity index (χ2n) is 7.01. The number of hydrogen-bond donors (Lipinski definition) is 1. The summed E-state index contributed by atoms with van der Waals surface area (Å²) in [6, 6.07) is 19.3. The molecule has 162 valence electrons. The number of anilines is 1. The molecule has 0 atom stereocenters. The standard InChI is InChI=1S/C24H19ClN2O4S/c1-16-6-10-22(11-7-16)32(29,30)31-21-5-3-4-18(13-21)12-19(15-26)24(28)27-23-14-20(25)9-8-17(23)2/h3-14H,1-2H3,(H,27,28)/b19-12-. The highest BCUT2D eigenvalue weighted by Crippen LogP contribution is 2.23. The number of carbonyl (C=O) groups excluding carboxylic acids is 1. The molecule has 0 aromatic heterocycles. The molecule has 8 heteroatoms. The maximum atomic E-state index is 12.6. The fraction of sp³-hybridized carbons (Fsp3) is 0.0833. The first kappa shape index (κ1) is 23.1. The molecule has 0 saturated carbocycles. The summed E-state index contributed by atoms with van der Waals surface area (Å²) in [7, 11) is -4.02. The molecule has 0 unspecified atom stereocenters. The minimum Gasteiger partial charge on any atom is -0.379 e. The molecule has 0 aliphatic carbocycles. The molecule has 3 rings (SSSR count). The molecule has 0 bridgehead atoms. The van der Waals surface area contributed by atoms with Gasteiger partial charge in [0, 0.05) is 10.7 Å². The van der Waals surface area contributed by atoms with Crippen LogP contribution in [-0.2, 0) is 14.9 Å². The van der Waals surface area contributed by atoms with Crippen molar-refractivity contribution in [3.63, 3.8) is 0 Å². The highest BCUT2D eigenvalue weighted by molar-refractivity contribution is 7.87. The van der Waals surface area contributed by atoms with Crippen LogP contribution >= 0.6 is 11.6 Å². The van der Waals surface area contributed by atoms with E-state index in [2.05, 4.69) is 5.32 Å². The van der Waals surface area contributed by atoms with Crippen LogP contribution in [0.25, 0.3) is 6.08 Å². The molecule has 0 spiro atoms. The SMILES string of the molecule is Cc1ccc(S(=O)(=O)Oc2cccc(/C=C(/C#N)C(=O)Nc3cc(Cl)ccc3C)c2)cc1. The van der Waals surface area contributed by atoms with E-state index in [9.17, 15) is 18.5 Å². The van der Waals surface area contributed by atoms with Gasteiger partial charge in [0.15, 0.2) is 0 Å². The summed E-state index contributed by atoms with van der Waals surface area (Å²) in [6.07, 6.45) is 1.35. The Hall–Kier alpha value is -3.60. The molecule has 1 N–H and O–H groups in total. The fourth-order valence-corrected chi connectivity index (χ4v) is 3.86. The van der Waals surface area contributed by atoms with E-state index < -0.39 is 16.0 Å². The average molecular weight is 467 g/mol. The topological polar surface area (TPSA) is 96.3 Å². The Morgan fingerprint density at radius 1 is 1.06 bits per heavy atom. The zero-order valence-corrected chi connectivity index (χ0v) is 18.9. The van der Waals surface area contributed by atoms with Crippen molar-refractivity contribution in [2.45, 2.75) is 18.7 Å². The smallest absolute Gasteiger partial charge is 0.339 e. The van der Waals surface area contributed by atoms with Crippen molar-refractivity contribution in [3.8, 4) is 11.8 Å². The van der Waals surface area contributed by atoms with Gasteiger partial charge in [0.1, 0.15) is 22.3 Å².